The van der Waals surface area contributed by atoms with Gasteiger partial charge in [0, 0.05) is 49.2 Å². The van der Waals surface area contributed by atoms with Crippen molar-refractivity contribution in [1.82, 2.24) is 19.8 Å². The van der Waals surface area contributed by atoms with Crippen molar-refractivity contribution in [2.24, 2.45) is 0 Å². The fourth-order valence-electron chi connectivity index (χ4n) is 6.82. The Morgan fingerprint density at radius 1 is 1.20 bits per heavy atom. The van der Waals surface area contributed by atoms with Gasteiger partial charge >= 0.3 is 0 Å². The number of piperazine rings is 1. The van der Waals surface area contributed by atoms with Crippen LogP contribution in [0.3, 0.4) is 0 Å². The monoisotopic (exact) mass is 542 g/mol. The first-order chi connectivity index (χ1) is 19.3. The summed E-state index contributed by atoms with van der Waals surface area (Å²) < 4.78 is 6.41. The summed E-state index contributed by atoms with van der Waals surface area (Å²) in [4.78, 5) is 30.7. The Morgan fingerprint density at radius 3 is 2.67 bits per heavy atom. The van der Waals surface area contributed by atoms with Gasteiger partial charge in [-0.25, -0.2) is 9.97 Å². The number of benzene rings is 2. The zero-order valence-electron chi connectivity index (χ0n) is 23.6. The zero-order chi connectivity index (χ0) is 28.0. The first-order valence-electron chi connectivity index (χ1n) is 14.2. The molecule has 3 aromatic rings. The number of fused-ring (bicyclic) bond motifs is 4. The quantitative estimate of drug-likeness (QED) is 0.454. The predicted octanol–water partition coefficient (Wildman–Crippen LogP) is 3.59. The number of carbonyl (C=O) groups is 1. The molecule has 2 saturated heterocycles. The van der Waals surface area contributed by atoms with E-state index in [1.807, 2.05) is 44.1 Å². The minimum atomic E-state index is -0.103. The highest BCUT2D eigenvalue weighted by Gasteiger charge is 2.43. The highest BCUT2D eigenvalue weighted by atomic mass is 16.5. The Morgan fingerprint density at radius 2 is 1.95 bits per heavy atom. The van der Waals surface area contributed by atoms with Gasteiger partial charge in [-0.2, -0.15) is 0 Å². The van der Waals surface area contributed by atoms with Crippen LogP contribution in [0.4, 0.5) is 11.5 Å². The maximum Gasteiger partial charge on any atom is 0.246 e. The Bertz CT molecular complexity index is 1430. The first-order valence-corrected chi connectivity index (χ1v) is 14.2. The highest BCUT2D eigenvalue weighted by molar-refractivity contribution is 5.99. The second-order valence-corrected chi connectivity index (χ2v) is 11.5. The molecule has 0 aliphatic carbocycles. The van der Waals surface area contributed by atoms with E-state index in [-0.39, 0.29) is 29.8 Å². The van der Waals surface area contributed by atoms with E-state index in [0.717, 1.165) is 73.4 Å². The SMILES string of the molecule is C=CC(=O)N1C2CCC1CN(c1ncnc3c1CCN(c1c(OC(C)CN(C)C)c(O)cc4ccccc14)C3)C2. The second-order valence-electron chi connectivity index (χ2n) is 11.5. The lowest BCUT2D eigenvalue weighted by molar-refractivity contribution is -0.129. The van der Waals surface area contributed by atoms with E-state index in [2.05, 4.69) is 27.3 Å². The third kappa shape index (κ3) is 4.72. The molecular weight excluding hydrogens is 504 g/mol. The van der Waals surface area contributed by atoms with Crippen LogP contribution in [0.2, 0.25) is 0 Å². The average Bonchev–Trinajstić information content (AvgIpc) is 3.20. The molecule has 3 aliphatic rings. The van der Waals surface area contributed by atoms with Gasteiger partial charge in [0.25, 0.3) is 0 Å². The lowest BCUT2D eigenvalue weighted by atomic mass is 10.0. The smallest absolute Gasteiger partial charge is 0.246 e. The van der Waals surface area contributed by atoms with Crippen molar-refractivity contribution in [1.29, 1.82) is 0 Å². The van der Waals surface area contributed by atoms with Crippen LogP contribution >= 0.6 is 0 Å². The lowest BCUT2D eigenvalue weighted by Crippen LogP contribution is -2.56. The fourth-order valence-corrected chi connectivity index (χ4v) is 6.82. The van der Waals surface area contributed by atoms with Crippen LogP contribution < -0.4 is 14.5 Å². The van der Waals surface area contributed by atoms with Gasteiger partial charge in [-0.3, -0.25) is 4.79 Å². The number of carbonyl (C=O) groups excluding carboxylic acids is 1. The highest BCUT2D eigenvalue weighted by Crippen LogP contribution is 2.46. The molecule has 1 aromatic heterocycles. The summed E-state index contributed by atoms with van der Waals surface area (Å²) in [6.45, 7) is 9.37. The largest absolute Gasteiger partial charge is 0.504 e. The predicted molar refractivity (Wildman–Crippen MR) is 157 cm³/mol. The van der Waals surface area contributed by atoms with Gasteiger partial charge in [0.2, 0.25) is 5.91 Å². The molecule has 2 aromatic carbocycles. The number of amides is 1. The van der Waals surface area contributed by atoms with Crippen molar-refractivity contribution in [3.05, 3.63) is 60.6 Å². The van der Waals surface area contributed by atoms with E-state index in [0.29, 0.717) is 12.3 Å². The summed E-state index contributed by atoms with van der Waals surface area (Å²) in [5.74, 6) is 1.69. The Labute approximate surface area is 235 Å². The van der Waals surface area contributed by atoms with Crippen molar-refractivity contribution < 1.29 is 14.6 Å². The van der Waals surface area contributed by atoms with E-state index in [1.54, 1.807) is 12.4 Å². The number of phenolic OH excluding ortho intramolecular Hbond substituents is 1. The maximum atomic E-state index is 12.5. The van der Waals surface area contributed by atoms with Crippen molar-refractivity contribution in [2.45, 2.75) is 50.9 Å². The Kier molecular flexibility index (Phi) is 7.00. The number of aromatic hydroxyl groups is 1. The summed E-state index contributed by atoms with van der Waals surface area (Å²) in [7, 11) is 4.03. The minimum Gasteiger partial charge on any atom is -0.504 e. The molecule has 4 heterocycles. The number of hydrogen-bond acceptors (Lipinski definition) is 8. The van der Waals surface area contributed by atoms with Crippen LogP contribution in [-0.2, 0) is 17.8 Å². The molecule has 2 bridgehead atoms. The molecule has 1 amide bonds. The van der Waals surface area contributed by atoms with Crippen LogP contribution in [0, 0.1) is 0 Å². The summed E-state index contributed by atoms with van der Waals surface area (Å²) in [6.07, 6.45) is 5.81. The zero-order valence-corrected chi connectivity index (χ0v) is 23.6. The molecule has 0 spiro atoms. The average molecular weight is 543 g/mol. The van der Waals surface area contributed by atoms with Gasteiger partial charge in [-0.1, -0.05) is 30.8 Å². The maximum absolute atomic E-state index is 12.5. The summed E-state index contributed by atoms with van der Waals surface area (Å²) in [6, 6.07) is 10.3. The van der Waals surface area contributed by atoms with Crippen LogP contribution in [0.5, 0.6) is 11.5 Å². The molecule has 0 saturated carbocycles. The van der Waals surface area contributed by atoms with Crippen molar-refractivity contribution in [3.8, 4) is 11.5 Å². The number of phenols is 1. The molecular formula is C31H38N6O3. The van der Waals surface area contributed by atoms with Gasteiger partial charge in [-0.15, -0.1) is 0 Å². The molecule has 3 unspecified atom stereocenters. The number of nitrogens with zero attached hydrogens (tertiary/aromatic N) is 6. The van der Waals surface area contributed by atoms with Gasteiger partial charge in [0.1, 0.15) is 18.2 Å². The van der Waals surface area contributed by atoms with Crippen LogP contribution in [0.15, 0.2) is 49.3 Å². The fraction of sp³-hybridized carbons (Fsp3) is 0.452. The number of rotatable bonds is 7. The third-order valence-electron chi connectivity index (χ3n) is 8.41. The molecule has 9 nitrogen and oxygen atoms in total. The van der Waals surface area contributed by atoms with Gasteiger partial charge in [-0.05, 0) is 57.8 Å². The Hall–Kier alpha value is -3.85. The molecule has 3 atom stereocenters. The van der Waals surface area contributed by atoms with E-state index in [9.17, 15) is 9.90 Å². The number of likely N-dealkylation sites (N-methyl/N-ethyl adjacent to an activating group) is 1. The molecule has 6 rings (SSSR count). The Balaban J connectivity index is 1.32. The topological polar surface area (TPSA) is 85.3 Å². The van der Waals surface area contributed by atoms with Crippen LogP contribution in [-0.4, -0.2) is 89.2 Å². The first kappa shape index (κ1) is 26.4. The van der Waals surface area contributed by atoms with Crippen molar-refractivity contribution in [2.75, 3.05) is 50.1 Å². The minimum absolute atomic E-state index is 0.0313. The molecule has 210 valence electrons. The van der Waals surface area contributed by atoms with E-state index in [1.165, 1.54) is 11.6 Å². The van der Waals surface area contributed by atoms with Crippen molar-refractivity contribution >= 4 is 28.2 Å². The number of hydrogen-bond donors (Lipinski definition) is 1. The molecule has 40 heavy (non-hydrogen) atoms. The second kappa shape index (κ2) is 10.6. The third-order valence-corrected chi connectivity index (χ3v) is 8.41. The number of aromatic nitrogens is 2. The van der Waals surface area contributed by atoms with E-state index >= 15 is 0 Å². The number of anilines is 2. The summed E-state index contributed by atoms with van der Waals surface area (Å²) in [5.41, 5.74) is 3.07. The van der Waals surface area contributed by atoms with E-state index < -0.39 is 0 Å². The molecule has 2 fully saturated rings. The number of ether oxygens (including phenoxy) is 1. The van der Waals surface area contributed by atoms with Crippen molar-refractivity contribution in [3.63, 3.8) is 0 Å². The van der Waals surface area contributed by atoms with Gasteiger partial charge in [0.15, 0.2) is 11.5 Å². The lowest BCUT2D eigenvalue weighted by Gasteiger charge is -2.42. The van der Waals surface area contributed by atoms with E-state index in [4.69, 9.17) is 14.7 Å². The summed E-state index contributed by atoms with van der Waals surface area (Å²) >= 11 is 0. The molecule has 3 aliphatic heterocycles. The standard InChI is InChI=1S/C31H38N6O3/c1-5-28(39)37-22-10-11-23(37)17-36(16-22)31-25-12-13-35(18-26(25)32-19-33-31)29-24-9-7-6-8-21(24)14-27(38)30(29)40-20(2)15-34(3)4/h5-9,14,19-20,22-23,38H,1,10-13,15-18H2,2-4H3. The molecule has 1 N–H and O–H groups in total. The summed E-state index contributed by atoms with van der Waals surface area (Å²) in [5, 5.41) is 13.1. The normalized spacial score (nSPS) is 21.1. The van der Waals surface area contributed by atoms with Crippen LogP contribution in [0.1, 0.15) is 31.0 Å². The van der Waals surface area contributed by atoms with Gasteiger partial charge < -0.3 is 29.4 Å². The molecule has 9 heteroatoms. The van der Waals surface area contributed by atoms with Gasteiger partial charge in [0.05, 0.1) is 17.9 Å². The molecule has 0 radical (unpaired) electrons. The van der Waals surface area contributed by atoms with Crippen LogP contribution in [0.25, 0.3) is 10.8 Å².